The summed E-state index contributed by atoms with van der Waals surface area (Å²) < 4.78 is 0. The zero-order valence-corrected chi connectivity index (χ0v) is 8.68. The molecular formula is C9H12Cl2N2. The number of nitrogens with two attached hydrogens (primary N) is 1. The lowest BCUT2D eigenvalue weighted by Gasteiger charge is -2.08. The van der Waals surface area contributed by atoms with E-state index in [-0.39, 0.29) is 18.4 Å². The summed E-state index contributed by atoms with van der Waals surface area (Å²) in [6, 6.07) is 3.91. The van der Waals surface area contributed by atoms with Crippen LogP contribution in [0, 0.1) is 5.92 Å². The summed E-state index contributed by atoms with van der Waals surface area (Å²) in [5, 5.41) is 0.529. The van der Waals surface area contributed by atoms with E-state index >= 15 is 0 Å². The van der Waals surface area contributed by atoms with Gasteiger partial charge in [0.2, 0.25) is 0 Å². The highest BCUT2D eigenvalue weighted by Gasteiger charge is 2.29. The van der Waals surface area contributed by atoms with Gasteiger partial charge in [0.1, 0.15) is 5.15 Å². The van der Waals surface area contributed by atoms with Crippen LogP contribution in [0.5, 0.6) is 0 Å². The van der Waals surface area contributed by atoms with Crippen LogP contribution in [-0.2, 0) is 0 Å². The van der Waals surface area contributed by atoms with E-state index in [1.165, 1.54) is 12.8 Å². The highest BCUT2D eigenvalue weighted by Crippen LogP contribution is 2.39. The van der Waals surface area contributed by atoms with Crippen LogP contribution in [-0.4, -0.2) is 4.98 Å². The fourth-order valence-electron chi connectivity index (χ4n) is 1.31. The lowest BCUT2D eigenvalue weighted by Crippen LogP contribution is -2.12. The number of rotatable bonds is 2. The quantitative estimate of drug-likeness (QED) is 0.776. The first-order valence-corrected chi connectivity index (χ1v) is 4.52. The number of aromatic nitrogens is 1. The zero-order valence-electron chi connectivity index (χ0n) is 7.11. The van der Waals surface area contributed by atoms with E-state index in [4.69, 9.17) is 17.3 Å². The van der Waals surface area contributed by atoms with Gasteiger partial charge in [-0.2, -0.15) is 0 Å². The number of hydrogen-bond acceptors (Lipinski definition) is 2. The molecule has 13 heavy (non-hydrogen) atoms. The second-order valence-electron chi connectivity index (χ2n) is 3.28. The van der Waals surface area contributed by atoms with Crippen LogP contribution in [0.3, 0.4) is 0 Å². The van der Waals surface area contributed by atoms with Crippen LogP contribution in [0.2, 0.25) is 5.15 Å². The van der Waals surface area contributed by atoms with Crippen molar-refractivity contribution in [3.05, 3.63) is 29.0 Å². The van der Waals surface area contributed by atoms with Crippen LogP contribution in [0.25, 0.3) is 0 Å². The van der Waals surface area contributed by atoms with Crippen LogP contribution < -0.4 is 5.73 Å². The Kier molecular flexibility index (Phi) is 3.54. The number of nitrogens with zero attached hydrogens (tertiary/aromatic N) is 1. The first-order valence-electron chi connectivity index (χ1n) is 4.14. The molecule has 1 atom stereocenters. The highest BCUT2D eigenvalue weighted by molar-refractivity contribution is 6.29. The molecule has 1 aromatic heterocycles. The van der Waals surface area contributed by atoms with Crippen molar-refractivity contribution in [1.29, 1.82) is 0 Å². The smallest absolute Gasteiger partial charge is 0.129 e. The first-order chi connectivity index (χ1) is 5.77. The molecule has 2 rings (SSSR count). The monoisotopic (exact) mass is 218 g/mol. The van der Waals surface area contributed by atoms with Crippen molar-refractivity contribution < 1.29 is 0 Å². The minimum absolute atomic E-state index is 0. The van der Waals surface area contributed by atoms with Gasteiger partial charge in [0.05, 0.1) is 0 Å². The molecule has 2 N–H and O–H groups in total. The lowest BCUT2D eigenvalue weighted by molar-refractivity contribution is 0.631. The Balaban J connectivity index is 0.000000845. The third-order valence-electron chi connectivity index (χ3n) is 2.27. The number of halogens is 2. The van der Waals surface area contributed by atoms with Gasteiger partial charge in [-0.3, -0.25) is 0 Å². The molecule has 1 saturated carbocycles. The summed E-state index contributed by atoms with van der Waals surface area (Å²) in [7, 11) is 0. The van der Waals surface area contributed by atoms with Gasteiger partial charge in [0.25, 0.3) is 0 Å². The molecule has 2 nitrogen and oxygen atoms in total. The van der Waals surface area contributed by atoms with Crippen LogP contribution in [0.15, 0.2) is 18.3 Å². The largest absolute Gasteiger partial charge is 0.324 e. The van der Waals surface area contributed by atoms with Crippen molar-refractivity contribution in [2.75, 3.05) is 0 Å². The maximum Gasteiger partial charge on any atom is 0.129 e. The van der Waals surface area contributed by atoms with Gasteiger partial charge in [-0.1, -0.05) is 17.7 Å². The van der Waals surface area contributed by atoms with Crippen LogP contribution in [0.4, 0.5) is 0 Å². The number of pyridine rings is 1. The van der Waals surface area contributed by atoms with Crippen molar-refractivity contribution in [2.24, 2.45) is 11.7 Å². The van der Waals surface area contributed by atoms with E-state index in [0.717, 1.165) is 5.56 Å². The summed E-state index contributed by atoms with van der Waals surface area (Å²) >= 11 is 5.66. The Hall–Kier alpha value is -0.310. The van der Waals surface area contributed by atoms with Gasteiger partial charge in [-0.15, -0.1) is 12.4 Å². The van der Waals surface area contributed by atoms with Gasteiger partial charge >= 0.3 is 0 Å². The summed E-state index contributed by atoms with van der Waals surface area (Å²) in [6.07, 6.45) is 4.28. The molecule has 1 aliphatic carbocycles. The molecule has 4 heteroatoms. The summed E-state index contributed by atoms with van der Waals surface area (Å²) in [4.78, 5) is 4.00. The molecule has 1 fully saturated rings. The molecule has 1 aromatic rings. The van der Waals surface area contributed by atoms with Crippen LogP contribution >= 0.6 is 24.0 Å². The molecule has 0 amide bonds. The Morgan fingerprint density at radius 1 is 1.46 bits per heavy atom. The van der Waals surface area contributed by atoms with E-state index in [1.807, 2.05) is 6.07 Å². The molecule has 0 bridgehead atoms. The van der Waals surface area contributed by atoms with Crippen molar-refractivity contribution in [2.45, 2.75) is 18.9 Å². The van der Waals surface area contributed by atoms with Crippen molar-refractivity contribution in [3.8, 4) is 0 Å². The van der Waals surface area contributed by atoms with E-state index in [9.17, 15) is 0 Å². The van der Waals surface area contributed by atoms with Crippen molar-refractivity contribution >= 4 is 24.0 Å². The molecule has 0 aliphatic heterocycles. The van der Waals surface area contributed by atoms with E-state index < -0.39 is 0 Å². The first kappa shape index (κ1) is 10.8. The molecule has 1 heterocycles. The van der Waals surface area contributed by atoms with Gasteiger partial charge in [-0.25, -0.2) is 4.98 Å². The second kappa shape index (κ2) is 4.27. The molecular weight excluding hydrogens is 207 g/mol. The molecule has 0 unspecified atom stereocenters. The Morgan fingerprint density at radius 3 is 2.62 bits per heavy atom. The number of hydrogen-bond donors (Lipinski definition) is 1. The van der Waals surface area contributed by atoms with Gasteiger partial charge in [0.15, 0.2) is 0 Å². The fourth-order valence-corrected chi connectivity index (χ4v) is 1.42. The molecule has 0 radical (unpaired) electrons. The summed E-state index contributed by atoms with van der Waals surface area (Å²) in [6.45, 7) is 0. The summed E-state index contributed by atoms with van der Waals surface area (Å²) in [5.41, 5.74) is 7.07. The predicted molar refractivity (Wildman–Crippen MR) is 56.1 cm³/mol. The predicted octanol–water partition coefficient (Wildman–Crippen LogP) is 2.57. The van der Waals surface area contributed by atoms with Gasteiger partial charge in [0, 0.05) is 12.2 Å². The maximum atomic E-state index is 5.97. The van der Waals surface area contributed by atoms with Gasteiger partial charge < -0.3 is 5.73 Å². The lowest BCUT2D eigenvalue weighted by atomic mass is 10.1. The van der Waals surface area contributed by atoms with Gasteiger partial charge in [-0.05, 0) is 30.4 Å². The topological polar surface area (TPSA) is 38.9 Å². The minimum Gasteiger partial charge on any atom is -0.324 e. The van der Waals surface area contributed by atoms with Crippen molar-refractivity contribution in [3.63, 3.8) is 0 Å². The highest BCUT2D eigenvalue weighted by atomic mass is 35.5. The average Bonchev–Trinajstić information content (AvgIpc) is 2.87. The third kappa shape index (κ3) is 2.56. The molecule has 0 aromatic carbocycles. The molecule has 0 spiro atoms. The second-order valence-corrected chi connectivity index (χ2v) is 3.66. The standard InChI is InChI=1S/C9H11ClN2.ClH/c10-8-4-3-7(5-12-8)9(11)6-1-2-6;/h3-6,9H,1-2,11H2;1H/t9-;/m0./s1. The SMILES string of the molecule is Cl.N[C@H](c1ccc(Cl)nc1)C1CC1. The minimum atomic E-state index is 0. The molecule has 72 valence electrons. The average molecular weight is 219 g/mol. The van der Waals surface area contributed by atoms with Crippen LogP contribution in [0.1, 0.15) is 24.4 Å². The van der Waals surface area contributed by atoms with E-state index in [2.05, 4.69) is 4.98 Å². The molecule has 0 saturated heterocycles. The third-order valence-corrected chi connectivity index (χ3v) is 2.49. The Labute approximate surface area is 88.9 Å². The van der Waals surface area contributed by atoms with E-state index in [0.29, 0.717) is 11.1 Å². The molecule has 1 aliphatic rings. The fraction of sp³-hybridized carbons (Fsp3) is 0.444. The Morgan fingerprint density at radius 2 is 2.15 bits per heavy atom. The van der Waals surface area contributed by atoms with Crippen molar-refractivity contribution in [1.82, 2.24) is 4.98 Å². The summed E-state index contributed by atoms with van der Waals surface area (Å²) in [5.74, 6) is 0.674. The zero-order chi connectivity index (χ0) is 8.55. The van der Waals surface area contributed by atoms with E-state index in [1.54, 1.807) is 12.3 Å². The Bertz CT molecular complexity index is 269. The normalized spacial score (nSPS) is 17.7. The maximum absolute atomic E-state index is 5.97.